The van der Waals surface area contributed by atoms with E-state index in [1.54, 1.807) is 11.3 Å². The molecule has 0 aliphatic rings. The van der Waals surface area contributed by atoms with Crippen molar-refractivity contribution in [2.24, 2.45) is 0 Å². The van der Waals surface area contributed by atoms with Crippen LogP contribution in [0.25, 0.3) is 108 Å². The molecule has 0 saturated heterocycles. The predicted octanol–water partition coefficient (Wildman–Crippen LogP) is 13.6. The fourth-order valence-corrected chi connectivity index (χ4v) is 9.73. The van der Waals surface area contributed by atoms with Crippen LogP contribution in [0.2, 0.25) is 0 Å². The number of nitrogens with zero attached hydrogens (tertiary/aromatic N) is 3. The Hall–Kier alpha value is -6.75. The summed E-state index contributed by atoms with van der Waals surface area (Å²) in [5.41, 5.74) is 9.34. The second-order valence-corrected chi connectivity index (χ2v) is 15.0. The Labute approximate surface area is 308 Å². The molecule has 4 heteroatoms. The Morgan fingerprint density at radius 1 is 0.377 bits per heavy atom. The number of aromatic nitrogens is 3. The van der Waals surface area contributed by atoms with Gasteiger partial charge in [-0.05, 0) is 81.5 Å². The number of hydrogen-bond donors (Lipinski definition) is 0. The lowest BCUT2D eigenvalue weighted by Gasteiger charge is -2.12. The molecule has 0 amide bonds. The van der Waals surface area contributed by atoms with Crippen LogP contribution in [0.3, 0.4) is 0 Å². The molecule has 0 unspecified atom stereocenters. The van der Waals surface area contributed by atoms with Crippen LogP contribution in [0.5, 0.6) is 0 Å². The molecule has 0 saturated carbocycles. The fourth-order valence-electron chi connectivity index (χ4n) is 8.75. The van der Waals surface area contributed by atoms with E-state index in [4.69, 9.17) is 4.98 Å². The van der Waals surface area contributed by atoms with E-state index in [2.05, 4.69) is 185 Å². The number of para-hydroxylation sites is 2. The van der Waals surface area contributed by atoms with Gasteiger partial charge in [-0.2, -0.15) is 0 Å². The summed E-state index contributed by atoms with van der Waals surface area (Å²) in [5, 5.41) is 13.5. The van der Waals surface area contributed by atoms with Crippen molar-refractivity contribution in [3.63, 3.8) is 0 Å². The Kier molecular flexibility index (Phi) is 5.93. The van der Waals surface area contributed by atoms with Gasteiger partial charge >= 0.3 is 0 Å². The average Bonchev–Trinajstić information content (AvgIpc) is 3.90. The summed E-state index contributed by atoms with van der Waals surface area (Å²) in [5.74, 6) is 0. The summed E-state index contributed by atoms with van der Waals surface area (Å²) in [6, 6.07) is 64.2. The van der Waals surface area contributed by atoms with Crippen molar-refractivity contribution in [1.82, 2.24) is 14.1 Å². The third-order valence-corrected chi connectivity index (χ3v) is 12.2. The van der Waals surface area contributed by atoms with Crippen molar-refractivity contribution in [2.45, 2.75) is 0 Å². The first-order chi connectivity index (χ1) is 26.3. The molecule has 0 atom stereocenters. The average molecular weight is 692 g/mol. The van der Waals surface area contributed by atoms with E-state index in [-0.39, 0.29) is 0 Å². The van der Waals surface area contributed by atoms with Crippen LogP contribution < -0.4 is 0 Å². The van der Waals surface area contributed by atoms with Gasteiger partial charge in [0.1, 0.15) is 5.01 Å². The van der Waals surface area contributed by atoms with Crippen LogP contribution in [0, 0.1) is 0 Å². The van der Waals surface area contributed by atoms with E-state index >= 15 is 0 Å². The molecule has 12 rings (SSSR count). The van der Waals surface area contributed by atoms with Crippen molar-refractivity contribution in [3.8, 4) is 21.9 Å². The molecule has 3 aromatic heterocycles. The fraction of sp³-hybridized carbons (Fsp3) is 0. The lowest BCUT2D eigenvalue weighted by atomic mass is 10.0. The normalized spacial score (nSPS) is 12.2. The standard InChI is InChI=1S/C49H29N3S/c1-3-12-32(13-4-1)49-50-48-45(53-49)26-22-31-19-20-33-27-35(23-24-37(33)46(31)48)52-41-18-10-9-17-38(41)39-28-40-44(29-43(39)52)51(34-14-5-2-6-15-34)42-25-21-30-11-7-8-16-36(30)47(40)42/h1-29H. The van der Waals surface area contributed by atoms with E-state index < -0.39 is 0 Å². The first-order valence-corrected chi connectivity index (χ1v) is 18.9. The Morgan fingerprint density at radius 3 is 1.94 bits per heavy atom. The highest BCUT2D eigenvalue weighted by atomic mass is 32.1. The first kappa shape index (κ1) is 28.9. The number of hydrogen-bond acceptors (Lipinski definition) is 2. The third-order valence-electron chi connectivity index (χ3n) is 11.1. The Balaban J connectivity index is 1.15. The molecule has 0 radical (unpaired) electrons. The second-order valence-electron chi connectivity index (χ2n) is 14.0. The monoisotopic (exact) mass is 691 g/mol. The molecule has 3 heterocycles. The van der Waals surface area contributed by atoms with E-state index in [9.17, 15) is 0 Å². The SMILES string of the molecule is c1ccc(-c2nc3c(ccc4ccc5cc(-n6c7ccccc7c7cc8c9c%10ccccc%10ccc9n(-c9ccccc9)c8cc76)ccc5c43)s2)cc1. The molecule has 0 aliphatic carbocycles. The highest BCUT2D eigenvalue weighted by Crippen LogP contribution is 2.43. The van der Waals surface area contributed by atoms with E-state index in [1.807, 2.05) is 0 Å². The minimum absolute atomic E-state index is 1.05. The predicted molar refractivity (Wildman–Crippen MR) is 226 cm³/mol. The summed E-state index contributed by atoms with van der Waals surface area (Å²) < 4.78 is 6.10. The maximum atomic E-state index is 5.23. The summed E-state index contributed by atoms with van der Waals surface area (Å²) in [6.45, 7) is 0. The van der Waals surface area contributed by atoms with Gasteiger partial charge in [0, 0.05) is 43.9 Å². The summed E-state index contributed by atoms with van der Waals surface area (Å²) in [4.78, 5) is 5.23. The van der Waals surface area contributed by atoms with Gasteiger partial charge in [-0.3, -0.25) is 0 Å². The summed E-state index contributed by atoms with van der Waals surface area (Å²) in [7, 11) is 0. The number of fused-ring (bicyclic) bond motifs is 13. The van der Waals surface area contributed by atoms with Crippen LogP contribution in [-0.2, 0) is 0 Å². The molecule has 0 spiro atoms. The van der Waals surface area contributed by atoms with Crippen molar-refractivity contribution >= 4 is 97.5 Å². The van der Waals surface area contributed by atoms with Gasteiger partial charge in [-0.15, -0.1) is 11.3 Å². The zero-order valence-electron chi connectivity index (χ0n) is 28.5. The Bertz CT molecular complexity index is 3440. The van der Waals surface area contributed by atoms with Crippen LogP contribution in [-0.4, -0.2) is 14.1 Å². The van der Waals surface area contributed by atoms with E-state index in [0.717, 1.165) is 27.5 Å². The van der Waals surface area contributed by atoms with Crippen LogP contribution in [0.1, 0.15) is 0 Å². The van der Waals surface area contributed by atoms with Crippen LogP contribution in [0.4, 0.5) is 0 Å². The van der Waals surface area contributed by atoms with Gasteiger partial charge < -0.3 is 9.13 Å². The van der Waals surface area contributed by atoms with Gasteiger partial charge in [-0.25, -0.2) is 4.98 Å². The van der Waals surface area contributed by atoms with E-state index in [1.165, 1.54) is 80.6 Å². The minimum Gasteiger partial charge on any atom is -0.309 e. The van der Waals surface area contributed by atoms with Gasteiger partial charge in [0.25, 0.3) is 0 Å². The summed E-state index contributed by atoms with van der Waals surface area (Å²) in [6.07, 6.45) is 0. The van der Waals surface area contributed by atoms with Crippen LogP contribution >= 0.6 is 11.3 Å². The smallest absolute Gasteiger partial charge is 0.124 e. The lowest BCUT2D eigenvalue weighted by Crippen LogP contribution is -1.96. The third kappa shape index (κ3) is 4.12. The molecular formula is C49H29N3S. The van der Waals surface area contributed by atoms with Crippen molar-refractivity contribution in [1.29, 1.82) is 0 Å². The van der Waals surface area contributed by atoms with Crippen molar-refractivity contribution in [2.75, 3.05) is 0 Å². The van der Waals surface area contributed by atoms with Gasteiger partial charge in [0.15, 0.2) is 0 Å². The zero-order valence-corrected chi connectivity index (χ0v) is 29.3. The number of rotatable bonds is 3. The number of benzene rings is 9. The zero-order chi connectivity index (χ0) is 34.6. The summed E-state index contributed by atoms with van der Waals surface area (Å²) >= 11 is 1.76. The second kappa shape index (κ2) is 10.9. The van der Waals surface area contributed by atoms with Crippen molar-refractivity contribution < 1.29 is 0 Å². The van der Waals surface area contributed by atoms with Gasteiger partial charge in [0.05, 0.1) is 32.3 Å². The Morgan fingerprint density at radius 2 is 1.06 bits per heavy atom. The molecule has 9 aromatic carbocycles. The molecule has 12 aromatic rings. The molecule has 0 fully saturated rings. The highest BCUT2D eigenvalue weighted by Gasteiger charge is 2.20. The van der Waals surface area contributed by atoms with E-state index in [0.29, 0.717) is 0 Å². The molecule has 3 nitrogen and oxygen atoms in total. The highest BCUT2D eigenvalue weighted by molar-refractivity contribution is 7.21. The number of thiazole rings is 1. The van der Waals surface area contributed by atoms with Crippen LogP contribution in [0.15, 0.2) is 176 Å². The van der Waals surface area contributed by atoms with Gasteiger partial charge in [-0.1, -0.05) is 121 Å². The maximum Gasteiger partial charge on any atom is 0.124 e. The molecular weight excluding hydrogens is 663 g/mol. The molecule has 246 valence electrons. The lowest BCUT2D eigenvalue weighted by molar-refractivity contribution is 1.17. The maximum absolute atomic E-state index is 5.23. The van der Waals surface area contributed by atoms with Crippen molar-refractivity contribution in [3.05, 3.63) is 176 Å². The largest absolute Gasteiger partial charge is 0.309 e. The van der Waals surface area contributed by atoms with Gasteiger partial charge in [0.2, 0.25) is 0 Å². The molecule has 0 bridgehead atoms. The first-order valence-electron chi connectivity index (χ1n) is 18.0. The molecule has 0 aliphatic heterocycles. The molecule has 53 heavy (non-hydrogen) atoms. The quantitative estimate of drug-likeness (QED) is 0.169. The topological polar surface area (TPSA) is 22.8 Å². The molecule has 0 N–H and O–H groups in total. The minimum atomic E-state index is 1.05.